The van der Waals surface area contributed by atoms with Crippen LogP contribution in [0.25, 0.3) is 11.1 Å². The smallest absolute Gasteiger partial charge is 0.408 e. The highest BCUT2D eigenvalue weighted by molar-refractivity contribution is 7.89. The SMILES string of the molecule is O=C([C@@H]1CCCN(S(=O)(=O)c2ccc3[nH]c(=O)oc3c2)C1)N1CCN(c2ccccc2)CC1. The molecule has 174 valence electrons. The van der Waals surface area contributed by atoms with Crippen LogP contribution in [0.15, 0.2) is 62.6 Å². The van der Waals surface area contributed by atoms with Gasteiger partial charge in [0.05, 0.1) is 16.3 Å². The number of amides is 1. The number of hydrogen-bond donors (Lipinski definition) is 1. The van der Waals surface area contributed by atoms with Crippen molar-refractivity contribution in [1.82, 2.24) is 14.2 Å². The Labute approximate surface area is 191 Å². The van der Waals surface area contributed by atoms with E-state index in [4.69, 9.17) is 4.42 Å². The van der Waals surface area contributed by atoms with E-state index in [-0.39, 0.29) is 28.8 Å². The van der Waals surface area contributed by atoms with Crippen molar-refractivity contribution in [3.8, 4) is 0 Å². The summed E-state index contributed by atoms with van der Waals surface area (Å²) in [4.78, 5) is 31.3. The number of nitrogens with zero attached hydrogens (tertiary/aromatic N) is 3. The molecule has 2 fully saturated rings. The van der Waals surface area contributed by atoms with Crippen molar-refractivity contribution in [3.05, 3.63) is 59.1 Å². The third kappa shape index (κ3) is 4.28. The van der Waals surface area contributed by atoms with E-state index in [9.17, 15) is 18.0 Å². The van der Waals surface area contributed by atoms with Gasteiger partial charge in [-0.05, 0) is 37.1 Å². The molecular formula is C23H26N4O5S. The topological polar surface area (TPSA) is 107 Å². The fourth-order valence-electron chi connectivity index (χ4n) is 4.68. The Morgan fingerprint density at radius 1 is 1.00 bits per heavy atom. The van der Waals surface area contributed by atoms with Gasteiger partial charge in [-0.25, -0.2) is 13.2 Å². The summed E-state index contributed by atoms with van der Waals surface area (Å²) in [5, 5.41) is 0. The molecule has 1 aromatic heterocycles. The maximum atomic E-state index is 13.2. The zero-order chi connectivity index (χ0) is 23.0. The Hall–Kier alpha value is -3.11. The van der Waals surface area contributed by atoms with Crippen molar-refractivity contribution in [1.29, 1.82) is 0 Å². The fraction of sp³-hybridized carbons (Fsp3) is 0.391. The first-order chi connectivity index (χ1) is 15.9. The Morgan fingerprint density at radius 3 is 2.52 bits per heavy atom. The first kappa shape index (κ1) is 21.7. The predicted octanol–water partition coefficient (Wildman–Crippen LogP) is 1.87. The number of benzene rings is 2. The number of H-pyrrole nitrogens is 1. The van der Waals surface area contributed by atoms with Gasteiger partial charge >= 0.3 is 5.76 Å². The highest BCUT2D eigenvalue weighted by atomic mass is 32.2. The number of aromatic nitrogens is 1. The second-order valence-corrected chi connectivity index (χ2v) is 10.5. The van der Waals surface area contributed by atoms with Crippen LogP contribution in [-0.2, 0) is 14.8 Å². The van der Waals surface area contributed by atoms with Crippen molar-refractivity contribution >= 4 is 32.7 Å². The molecule has 10 heteroatoms. The van der Waals surface area contributed by atoms with Crippen LogP contribution in [-0.4, -0.2) is 67.8 Å². The number of carbonyl (C=O) groups excluding carboxylic acids is 1. The Bertz CT molecular complexity index is 1310. The van der Waals surface area contributed by atoms with E-state index in [1.54, 1.807) is 0 Å². The Kier molecular flexibility index (Phi) is 5.71. The molecule has 5 rings (SSSR count). The lowest BCUT2D eigenvalue weighted by Crippen LogP contribution is -2.53. The number of anilines is 1. The van der Waals surface area contributed by atoms with Crippen LogP contribution >= 0.6 is 0 Å². The zero-order valence-corrected chi connectivity index (χ0v) is 19.0. The van der Waals surface area contributed by atoms with E-state index in [1.807, 2.05) is 23.1 Å². The average molecular weight is 471 g/mol. The fourth-order valence-corrected chi connectivity index (χ4v) is 6.22. The van der Waals surface area contributed by atoms with Crippen LogP contribution in [0.3, 0.4) is 0 Å². The van der Waals surface area contributed by atoms with Gasteiger partial charge in [0.1, 0.15) is 0 Å². The number of aromatic amines is 1. The van der Waals surface area contributed by atoms with Crippen LogP contribution in [0.5, 0.6) is 0 Å². The number of sulfonamides is 1. The minimum absolute atomic E-state index is 0.0229. The van der Waals surface area contributed by atoms with Crippen LogP contribution in [0.4, 0.5) is 5.69 Å². The van der Waals surface area contributed by atoms with Gasteiger partial charge in [0, 0.05) is 51.0 Å². The van der Waals surface area contributed by atoms with E-state index in [2.05, 4.69) is 22.0 Å². The zero-order valence-electron chi connectivity index (χ0n) is 18.1. The second kappa shape index (κ2) is 8.68. The summed E-state index contributed by atoms with van der Waals surface area (Å²) in [6.07, 6.45) is 1.30. The number of oxazole rings is 1. The lowest BCUT2D eigenvalue weighted by Gasteiger charge is -2.39. The van der Waals surface area contributed by atoms with Gasteiger partial charge in [-0.3, -0.25) is 9.78 Å². The van der Waals surface area contributed by atoms with Gasteiger partial charge in [0.2, 0.25) is 15.9 Å². The number of rotatable bonds is 4. The van der Waals surface area contributed by atoms with Gasteiger partial charge in [-0.1, -0.05) is 18.2 Å². The summed E-state index contributed by atoms with van der Waals surface area (Å²) in [5.41, 5.74) is 1.79. The largest absolute Gasteiger partial charge is 0.417 e. The molecule has 2 aromatic carbocycles. The molecule has 3 heterocycles. The van der Waals surface area contributed by atoms with Crippen LogP contribution in [0.1, 0.15) is 12.8 Å². The standard InChI is InChI=1S/C23H26N4O5S/c28-22(26-13-11-25(12-14-26)18-6-2-1-3-7-18)17-5-4-10-27(16-17)33(30,31)19-8-9-20-21(15-19)32-23(29)24-20/h1-3,6-9,15,17H,4-5,10-14,16H2,(H,24,29)/t17-/m1/s1. The summed E-state index contributed by atoms with van der Waals surface area (Å²) in [7, 11) is -3.81. The van der Waals surface area contributed by atoms with E-state index in [1.165, 1.54) is 22.5 Å². The molecule has 0 bridgehead atoms. The third-order valence-corrected chi connectivity index (χ3v) is 8.34. The summed E-state index contributed by atoms with van der Waals surface area (Å²) in [6.45, 7) is 3.29. The van der Waals surface area contributed by atoms with Gasteiger partial charge in [-0.15, -0.1) is 0 Å². The van der Waals surface area contributed by atoms with Gasteiger partial charge < -0.3 is 14.2 Å². The van der Waals surface area contributed by atoms with Gasteiger partial charge in [-0.2, -0.15) is 4.31 Å². The van der Waals surface area contributed by atoms with E-state index >= 15 is 0 Å². The van der Waals surface area contributed by atoms with Crippen molar-refractivity contribution in [2.75, 3.05) is 44.2 Å². The number of carbonyl (C=O) groups is 1. The molecule has 2 aliphatic rings. The van der Waals surface area contributed by atoms with Crippen molar-refractivity contribution < 1.29 is 17.6 Å². The van der Waals surface area contributed by atoms with Crippen molar-refractivity contribution in [2.24, 2.45) is 5.92 Å². The van der Waals surface area contributed by atoms with E-state index < -0.39 is 15.8 Å². The Balaban J connectivity index is 1.26. The Morgan fingerprint density at radius 2 is 1.76 bits per heavy atom. The lowest BCUT2D eigenvalue weighted by molar-refractivity contribution is -0.137. The molecule has 0 unspecified atom stereocenters. The third-order valence-electron chi connectivity index (χ3n) is 6.48. The molecule has 3 aromatic rings. The first-order valence-electron chi connectivity index (χ1n) is 11.1. The van der Waals surface area contributed by atoms with Crippen molar-refractivity contribution in [3.63, 3.8) is 0 Å². The summed E-state index contributed by atoms with van der Waals surface area (Å²) >= 11 is 0. The van der Waals surface area contributed by atoms with Crippen LogP contribution < -0.4 is 10.7 Å². The van der Waals surface area contributed by atoms with Crippen LogP contribution in [0.2, 0.25) is 0 Å². The van der Waals surface area contributed by atoms with Gasteiger partial charge in [0.25, 0.3) is 0 Å². The molecule has 33 heavy (non-hydrogen) atoms. The number of piperidine rings is 1. The number of nitrogens with one attached hydrogen (secondary N) is 1. The first-order valence-corrected chi connectivity index (χ1v) is 12.6. The molecule has 2 saturated heterocycles. The molecule has 0 saturated carbocycles. The molecule has 0 spiro atoms. The quantitative estimate of drug-likeness (QED) is 0.624. The maximum Gasteiger partial charge on any atom is 0.417 e. The number of para-hydroxylation sites is 1. The normalized spacial score (nSPS) is 20.3. The molecule has 1 atom stereocenters. The second-order valence-electron chi connectivity index (χ2n) is 8.52. The highest BCUT2D eigenvalue weighted by Gasteiger charge is 2.36. The van der Waals surface area contributed by atoms with Gasteiger partial charge in [0.15, 0.2) is 5.58 Å². The molecule has 2 aliphatic heterocycles. The van der Waals surface area contributed by atoms with Crippen LogP contribution in [0, 0.1) is 5.92 Å². The predicted molar refractivity (Wildman–Crippen MR) is 124 cm³/mol. The summed E-state index contributed by atoms with van der Waals surface area (Å²) in [6, 6.07) is 14.5. The molecule has 1 N–H and O–H groups in total. The molecule has 9 nitrogen and oxygen atoms in total. The lowest BCUT2D eigenvalue weighted by atomic mass is 9.97. The molecule has 0 radical (unpaired) electrons. The monoisotopic (exact) mass is 470 g/mol. The maximum absolute atomic E-state index is 13.2. The summed E-state index contributed by atoms with van der Waals surface area (Å²) < 4.78 is 32.9. The molecule has 0 aliphatic carbocycles. The number of hydrogen-bond acceptors (Lipinski definition) is 6. The van der Waals surface area contributed by atoms with E-state index in [0.717, 1.165) is 18.8 Å². The number of fused-ring (bicyclic) bond motifs is 1. The molecule has 1 amide bonds. The highest BCUT2D eigenvalue weighted by Crippen LogP contribution is 2.27. The minimum Gasteiger partial charge on any atom is -0.408 e. The average Bonchev–Trinajstić information content (AvgIpc) is 3.23. The number of piperazine rings is 1. The summed E-state index contributed by atoms with van der Waals surface area (Å²) in [5.74, 6) is -0.962. The van der Waals surface area contributed by atoms with Crippen molar-refractivity contribution in [2.45, 2.75) is 17.7 Å². The van der Waals surface area contributed by atoms with E-state index in [0.29, 0.717) is 38.0 Å². The minimum atomic E-state index is -3.81. The molecular weight excluding hydrogens is 444 g/mol.